The number of nitrogens with two attached hydrogens (primary N) is 1. The molecule has 2 N–H and O–H groups in total. The van der Waals surface area contributed by atoms with Crippen molar-refractivity contribution in [2.45, 2.75) is 26.5 Å². The van der Waals surface area contributed by atoms with Crippen LogP contribution in [0.2, 0.25) is 0 Å². The lowest BCUT2D eigenvalue weighted by molar-refractivity contribution is 0.284. The summed E-state index contributed by atoms with van der Waals surface area (Å²) in [5.41, 5.74) is 9.28. The number of benzene rings is 2. The summed E-state index contributed by atoms with van der Waals surface area (Å²) in [6.45, 7) is 4.54. The van der Waals surface area contributed by atoms with Gasteiger partial charge >= 0.3 is 0 Å². The van der Waals surface area contributed by atoms with Crippen LogP contribution in [0, 0.1) is 6.92 Å². The molecule has 3 nitrogen and oxygen atoms in total. The predicted octanol–water partition coefficient (Wildman–Crippen LogP) is 3.60. The first-order valence-electron chi connectivity index (χ1n) is 6.72. The van der Waals surface area contributed by atoms with E-state index in [4.69, 9.17) is 15.2 Å². The van der Waals surface area contributed by atoms with Crippen molar-refractivity contribution in [1.29, 1.82) is 0 Å². The van der Waals surface area contributed by atoms with Crippen molar-refractivity contribution in [2.75, 3.05) is 7.11 Å². The van der Waals surface area contributed by atoms with Crippen molar-refractivity contribution in [3.8, 4) is 11.5 Å². The van der Waals surface area contributed by atoms with Crippen LogP contribution >= 0.6 is 0 Å². The Bertz CT molecular complexity index is 562. The largest absolute Gasteiger partial charge is 0.493 e. The highest BCUT2D eigenvalue weighted by Gasteiger charge is 2.08. The Hall–Kier alpha value is -2.00. The lowest BCUT2D eigenvalue weighted by Gasteiger charge is -2.13. The fourth-order valence-electron chi connectivity index (χ4n) is 1.93. The molecule has 0 bridgehead atoms. The van der Waals surface area contributed by atoms with Gasteiger partial charge in [-0.1, -0.05) is 35.9 Å². The van der Waals surface area contributed by atoms with Gasteiger partial charge in [0, 0.05) is 6.04 Å². The number of hydrogen-bond acceptors (Lipinski definition) is 3. The standard InChI is InChI=1S/C17H21NO2/c1-12-4-6-14(7-5-12)11-20-16-9-8-15(13(2)18)10-17(16)19-3/h4-10,13H,11,18H2,1-3H3/t13-/m1/s1. The maximum absolute atomic E-state index is 5.87. The molecule has 0 spiro atoms. The van der Waals surface area contributed by atoms with Gasteiger partial charge in [-0.05, 0) is 37.1 Å². The molecule has 0 fully saturated rings. The number of methoxy groups -OCH3 is 1. The average molecular weight is 271 g/mol. The average Bonchev–Trinajstić information content (AvgIpc) is 2.46. The molecule has 2 aromatic carbocycles. The number of hydrogen-bond donors (Lipinski definition) is 1. The Morgan fingerprint density at radius 3 is 2.35 bits per heavy atom. The highest BCUT2D eigenvalue weighted by atomic mass is 16.5. The third-order valence-corrected chi connectivity index (χ3v) is 3.23. The molecule has 0 aliphatic heterocycles. The minimum absolute atomic E-state index is 0.0185. The molecule has 2 rings (SSSR count). The van der Waals surface area contributed by atoms with Crippen LogP contribution in [0.15, 0.2) is 42.5 Å². The molecule has 3 heteroatoms. The molecule has 106 valence electrons. The van der Waals surface area contributed by atoms with Crippen LogP contribution in [0.5, 0.6) is 11.5 Å². The van der Waals surface area contributed by atoms with Gasteiger partial charge in [0.15, 0.2) is 11.5 Å². The molecule has 0 aliphatic carbocycles. The lowest BCUT2D eigenvalue weighted by Crippen LogP contribution is -2.05. The first kappa shape index (κ1) is 14.4. The van der Waals surface area contributed by atoms with Gasteiger partial charge in [0.1, 0.15) is 6.61 Å². The van der Waals surface area contributed by atoms with Crippen molar-refractivity contribution in [2.24, 2.45) is 5.73 Å². The van der Waals surface area contributed by atoms with Gasteiger partial charge in [0.2, 0.25) is 0 Å². The van der Waals surface area contributed by atoms with Crippen LogP contribution in [0.4, 0.5) is 0 Å². The van der Waals surface area contributed by atoms with Gasteiger partial charge in [0.25, 0.3) is 0 Å². The van der Waals surface area contributed by atoms with E-state index < -0.39 is 0 Å². The summed E-state index contributed by atoms with van der Waals surface area (Å²) in [4.78, 5) is 0. The van der Waals surface area contributed by atoms with Crippen LogP contribution in [-0.4, -0.2) is 7.11 Å². The van der Waals surface area contributed by atoms with Gasteiger partial charge in [0.05, 0.1) is 7.11 Å². The number of rotatable bonds is 5. The van der Waals surface area contributed by atoms with Gasteiger partial charge < -0.3 is 15.2 Å². The normalized spacial score (nSPS) is 12.0. The molecule has 20 heavy (non-hydrogen) atoms. The van der Waals surface area contributed by atoms with E-state index in [0.717, 1.165) is 16.9 Å². The summed E-state index contributed by atoms with van der Waals surface area (Å²) in [6, 6.07) is 14.1. The van der Waals surface area contributed by atoms with Crippen molar-refractivity contribution >= 4 is 0 Å². The minimum Gasteiger partial charge on any atom is -0.493 e. The zero-order valence-corrected chi connectivity index (χ0v) is 12.2. The van der Waals surface area contributed by atoms with Crippen molar-refractivity contribution in [3.63, 3.8) is 0 Å². The van der Waals surface area contributed by atoms with Crippen molar-refractivity contribution < 1.29 is 9.47 Å². The van der Waals surface area contributed by atoms with Crippen molar-refractivity contribution in [1.82, 2.24) is 0 Å². The molecule has 0 amide bonds. The third kappa shape index (κ3) is 3.52. The predicted molar refractivity (Wildman–Crippen MR) is 81.1 cm³/mol. The molecule has 1 atom stereocenters. The summed E-state index contributed by atoms with van der Waals surface area (Å²) >= 11 is 0. The summed E-state index contributed by atoms with van der Waals surface area (Å²) in [5, 5.41) is 0. The molecular weight excluding hydrogens is 250 g/mol. The molecule has 2 aromatic rings. The Kier molecular flexibility index (Phi) is 4.64. The van der Waals surface area contributed by atoms with Crippen LogP contribution in [-0.2, 0) is 6.61 Å². The van der Waals surface area contributed by atoms with Crippen LogP contribution in [0.1, 0.15) is 29.7 Å². The monoisotopic (exact) mass is 271 g/mol. The van der Waals surface area contributed by atoms with Crippen LogP contribution in [0.25, 0.3) is 0 Å². The molecule has 0 saturated carbocycles. The maximum atomic E-state index is 5.87. The van der Waals surface area contributed by atoms with Gasteiger partial charge in [-0.25, -0.2) is 0 Å². The lowest BCUT2D eigenvalue weighted by atomic mass is 10.1. The van der Waals surface area contributed by atoms with Gasteiger partial charge in [-0.2, -0.15) is 0 Å². The number of aryl methyl sites for hydroxylation is 1. The van der Waals surface area contributed by atoms with Crippen LogP contribution in [0.3, 0.4) is 0 Å². The summed E-state index contributed by atoms with van der Waals surface area (Å²) in [7, 11) is 1.64. The smallest absolute Gasteiger partial charge is 0.161 e. The van der Waals surface area contributed by atoms with E-state index in [1.54, 1.807) is 7.11 Å². The fourth-order valence-corrected chi connectivity index (χ4v) is 1.93. The number of ether oxygens (including phenoxy) is 2. The molecule has 0 aliphatic rings. The van der Waals surface area contributed by atoms with Crippen molar-refractivity contribution in [3.05, 3.63) is 59.2 Å². The zero-order chi connectivity index (χ0) is 14.5. The fraction of sp³-hybridized carbons (Fsp3) is 0.294. The first-order valence-corrected chi connectivity index (χ1v) is 6.72. The second-order valence-electron chi connectivity index (χ2n) is 4.97. The summed E-state index contributed by atoms with van der Waals surface area (Å²) in [5.74, 6) is 1.45. The highest BCUT2D eigenvalue weighted by molar-refractivity contribution is 5.43. The Labute approximate surface area is 120 Å². The molecule has 0 radical (unpaired) electrons. The minimum atomic E-state index is -0.0185. The second kappa shape index (κ2) is 6.44. The Morgan fingerprint density at radius 2 is 1.75 bits per heavy atom. The van der Waals surface area contributed by atoms with E-state index in [0.29, 0.717) is 12.4 Å². The van der Waals surface area contributed by atoms with Gasteiger partial charge in [-0.3, -0.25) is 0 Å². The molecular formula is C17H21NO2. The Morgan fingerprint density at radius 1 is 1.05 bits per heavy atom. The summed E-state index contributed by atoms with van der Waals surface area (Å²) < 4.78 is 11.2. The van der Waals surface area contributed by atoms with E-state index >= 15 is 0 Å². The molecule has 0 aromatic heterocycles. The van der Waals surface area contributed by atoms with E-state index in [-0.39, 0.29) is 6.04 Å². The summed E-state index contributed by atoms with van der Waals surface area (Å²) in [6.07, 6.45) is 0. The molecule has 0 unspecified atom stereocenters. The van der Waals surface area contributed by atoms with E-state index in [2.05, 4.69) is 31.2 Å². The topological polar surface area (TPSA) is 44.5 Å². The first-order chi connectivity index (χ1) is 9.60. The molecule has 0 heterocycles. The maximum Gasteiger partial charge on any atom is 0.161 e. The zero-order valence-electron chi connectivity index (χ0n) is 12.2. The van der Waals surface area contributed by atoms with E-state index in [1.807, 2.05) is 25.1 Å². The van der Waals surface area contributed by atoms with Gasteiger partial charge in [-0.15, -0.1) is 0 Å². The van der Waals surface area contributed by atoms with E-state index in [1.165, 1.54) is 5.56 Å². The SMILES string of the molecule is COc1cc([C@@H](C)N)ccc1OCc1ccc(C)cc1. The molecule has 0 saturated heterocycles. The highest BCUT2D eigenvalue weighted by Crippen LogP contribution is 2.30. The quantitative estimate of drug-likeness (QED) is 0.903. The second-order valence-corrected chi connectivity index (χ2v) is 4.97. The third-order valence-electron chi connectivity index (χ3n) is 3.23. The van der Waals surface area contributed by atoms with E-state index in [9.17, 15) is 0 Å². The Balaban J connectivity index is 2.10. The van der Waals surface area contributed by atoms with Crippen LogP contribution < -0.4 is 15.2 Å².